The lowest BCUT2D eigenvalue weighted by Crippen LogP contribution is -2.09. The van der Waals surface area contributed by atoms with E-state index >= 15 is 0 Å². The molecule has 0 atom stereocenters. The van der Waals surface area contributed by atoms with E-state index < -0.39 is 0 Å². The van der Waals surface area contributed by atoms with Crippen LogP contribution in [0, 0.1) is 0 Å². The molecule has 0 fully saturated rings. The first kappa shape index (κ1) is 10.5. The highest BCUT2D eigenvalue weighted by Crippen LogP contribution is 2.09. The molecular weight excluding hydrogens is 186 g/mol. The molecule has 0 bridgehead atoms. The van der Waals surface area contributed by atoms with E-state index in [0.717, 1.165) is 18.1 Å². The van der Waals surface area contributed by atoms with E-state index in [1.54, 1.807) is 0 Å². The Bertz CT molecular complexity index is 235. The third-order valence-corrected chi connectivity index (χ3v) is 1.96. The van der Waals surface area contributed by atoms with E-state index in [2.05, 4.69) is 0 Å². The minimum Gasteiger partial charge on any atom is -0.380 e. The minimum atomic E-state index is 0.584. The number of rotatable bonds is 5. The van der Waals surface area contributed by atoms with Gasteiger partial charge in [-0.3, -0.25) is 0 Å². The summed E-state index contributed by atoms with van der Waals surface area (Å²) in [6, 6.07) is 7.79. The molecule has 0 radical (unpaired) electrons. The Morgan fingerprint density at radius 2 is 1.85 bits per heavy atom. The molecule has 0 aliphatic heterocycles. The Balaban J connectivity index is 2.25. The van der Waals surface area contributed by atoms with Gasteiger partial charge in [0.25, 0.3) is 0 Å². The Labute approximate surface area is 83.6 Å². The summed E-state index contributed by atoms with van der Waals surface area (Å²) in [7, 11) is 0. The lowest BCUT2D eigenvalue weighted by atomic mass is 10.2. The van der Waals surface area contributed by atoms with E-state index in [4.69, 9.17) is 22.1 Å². The van der Waals surface area contributed by atoms with Crippen molar-refractivity contribution in [2.45, 2.75) is 6.42 Å². The van der Waals surface area contributed by atoms with Crippen LogP contribution in [0.4, 0.5) is 0 Å². The van der Waals surface area contributed by atoms with Gasteiger partial charge in [0.1, 0.15) is 0 Å². The van der Waals surface area contributed by atoms with Crippen molar-refractivity contribution in [1.29, 1.82) is 0 Å². The molecular formula is C10H14ClNO. The van der Waals surface area contributed by atoms with Crippen molar-refractivity contribution in [3.05, 3.63) is 34.9 Å². The second-order valence-electron chi connectivity index (χ2n) is 2.78. The van der Waals surface area contributed by atoms with Gasteiger partial charge in [0, 0.05) is 11.6 Å². The molecule has 0 saturated carbocycles. The Morgan fingerprint density at radius 3 is 2.46 bits per heavy atom. The Hall–Kier alpha value is -0.570. The molecule has 3 heteroatoms. The van der Waals surface area contributed by atoms with Crippen LogP contribution in [-0.2, 0) is 11.2 Å². The van der Waals surface area contributed by atoms with E-state index in [-0.39, 0.29) is 0 Å². The van der Waals surface area contributed by atoms with Gasteiger partial charge in [0.2, 0.25) is 0 Å². The van der Waals surface area contributed by atoms with Crippen LogP contribution in [0.25, 0.3) is 0 Å². The van der Waals surface area contributed by atoms with Crippen LogP contribution in [0.15, 0.2) is 24.3 Å². The van der Waals surface area contributed by atoms with Crippen LogP contribution in [-0.4, -0.2) is 19.8 Å². The van der Waals surface area contributed by atoms with Crippen molar-refractivity contribution in [1.82, 2.24) is 0 Å². The van der Waals surface area contributed by atoms with Gasteiger partial charge in [-0.15, -0.1) is 0 Å². The van der Waals surface area contributed by atoms with Crippen molar-refractivity contribution in [2.24, 2.45) is 5.73 Å². The molecule has 72 valence electrons. The van der Waals surface area contributed by atoms with Crippen molar-refractivity contribution in [3.63, 3.8) is 0 Å². The number of benzene rings is 1. The SMILES string of the molecule is NCCOCCc1ccc(Cl)cc1. The van der Waals surface area contributed by atoms with Crippen molar-refractivity contribution in [3.8, 4) is 0 Å². The van der Waals surface area contributed by atoms with Gasteiger partial charge in [-0.05, 0) is 24.1 Å². The van der Waals surface area contributed by atoms with Gasteiger partial charge in [0.05, 0.1) is 13.2 Å². The van der Waals surface area contributed by atoms with Gasteiger partial charge in [0.15, 0.2) is 0 Å². The first-order valence-corrected chi connectivity index (χ1v) is 4.73. The quantitative estimate of drug-likeness (QED) is 0.735. The Kier molecular flexibility index (Phi) is 4.83. The summed E-state index contributed by atoms with van der Waals surface area (Å²) in [4.78, 5) is 0. The average Bonchev–Trinajstić information content (AvgIpc) is 2.15. The normalized spacial score (nSPS) is 10.3. The standard InChI is InChI=1S/C10H14ClNO/c11-10-3-1-9(2-4-10)5-7-13-8-6-12/h1-4H,5-8,12H2. The fourth-order valence-corrected chi connectivity index (χ4v) is 1.15. The zero-order valence-corrected chi connectivity index (χ0v) is 8.26. The highest BCUT2D eigenvalue weighted by molar-refractivity contribution is 6.30. The van der Waals surface area contributed by atoms with Crippen LogP contribution >= 0.6 is 11.6 Å². The third-order valence-electron chi connectivity index (χ3n) is 1.71. The molecule has 0 amide bonds. The number of nitrogens with two attached hydrogens (primary N) is 1. The highest BCUT2D eigenvalue weighted by atomic mass is 35.5. The molecule has 0 saturated heterocycles. The first-order chi connectivity index (χ1) is 6.33. The second-order valence-corrected chi connectivity index (χ2v) is 3.21. The van der Waals surface area contributed by atoms with Gasteiger partial charge in [-0.1, -0.05) is 23.7 Å². The predicted molar refractivity (Wildman–Crippen MR) is 55.0 cm³/mol. The fraction of sp³-hybridized carbons (Fsp3) is 0.400. The van der Waals surface area contributed by atoms with E-state index in [1.807, 2.05) is 24.3 Å². The largest absolute Gasteiger partial charge is 0.380 e. The summed E-state index contributed by atoms with van der Waals surface area (Å²) < 4.78 is 5.26. The monoisotopic (exact) mass is 199 g/mol. The summed E-state index contributed by atoms with van der Waals surface area (Å²) in [5.74, 6) is 0. The molecule has 0 aliphatic rings. The summed E-state index contributed by atoms with van der Waals surface area (Å²) >= 11 is 5.75. The first-order valence-electron chi connectivity index (χ1n) is 4.35. The molecule has 2 nitrogen and oxygen atoms in total. The van der Waals surface area contributed by atoms with Gasteiger partial charge in [-0.2, -0.15) is 0 Å². The van der Waals surface area contributed by atoms with Crippen molar-refractivity contribution >= 4 is 11.6 Å². The van der Waals surface area contributed by atoms with E-state index in [0.29, 0.717) is 13.2 Å². The minimum absolute atomic E-state index is 0.584. The summed E-state index contributed by atoms with van der Waals surface area (Å²) in [5.41, 5.74) is 6.52. The van der Waals surface area contributed by atoms with Gasteiger partial charge < -0.3 is 10.5 Å². The summed E-state index contributed by atoms with van der Waals surface area (Å²) in [6.07, 6.45) is 0.914. The van der Waals surface area contributed by atoms with Crippen LogP contribution in [0.3, 0.4) is 0 Å². The van der Waals surface area contributed by atoms with E-state index in [9.17, 15) is 0 Å². The van der Waals surface area contributed by atoms with Gasteiger partial charge in [-0.25, -0.2) is 0 Å². The van der Waals surface area contributed by atoms with Crippen LogP contribution in [0.1, 0.15) is 5.56 Å². The Morgan fingerprint density at radius 1 is 1.15 bits per heavy atom. The molecule has 0 heterocycles. The number of hydrogen-bond donors (Lipinski definition) is 1. The predicted octanol–water partition coefficient (Wildman–Crippen LogP) is 1.86. The van der Waals surface area contributed by atoms with Crippen LogP contribution in [0.2, 0.25) is 5.02 Å². The van der Waals surface area contributed by atoms with Crippen molar-refractivity contribution in [2.75, 3.05) is 19.8 Å². The zero-order chi connectivity index (χ0) is 9.52. The molecule has 0 aliphatic carbocycles. The lowest BCUT2D eigenvalue weighted by Gasteiger charge is -2.02. The summed E-state index contributed by atoms with van der Waals surface area (Å²) in [6.45, 7) is 1.94. The molecule has 1 aromatic rings. The number of halogens is 1. The molecule has 1 aromatic carbocycles. The number of ether oxygens (including phenoxy) is 1. The topological polar surface area (TPSA) is 35.2 Å². The maximum atomic E-state index is 5.75. The summed E-state index contributed by atoms with van der Waals surface area (Å²) in [5, 5.41) is 0.770. The van der Waals surface area contributed by atoms with Crippen LogP contribution < -0.4 is 5.73 Å². The molecule has 13 heavy (non-hydrogen) atoms. The average molecular weight is 200 g/mol. The smallest absolute Gasteiger partial charge is 0.0588 e. The fourth-order valence-electron chi connectivity index (χ4n) is 1.03. The lowest BCUT2D eigenvalue weighted by molar-refractivity contribution is 0.145. The molecule has 0 spiro atoms. The van der Waals surface area contributed by atoms with Crippen molar-refractivity contribution < 1.29 is 4.74 Å². The highest BCUT2D eigenvalue weighted by Gasteiger charge is 1.92. The molecule has 0 aromatic heterocycles. The zero-order valence-electron chi connectivity index (χ0n) is 7.50. The second kappa shape index (κ2) is 5.97. The van der Waals surface area contributed by atoms with Gasteiger partial charge >= 0.3 is 0 Å². The molecule has 2 N–H and O–H groups in total. The third kappa shape index (κ3) is 4.27. The maximum absolute atomic E-state index is 5.75. The van der Waals surface area contributed by atoms with Crippen LogP contribution in [0.5, 0.6) is 0 Å². The van der Waals surface area contributed by atoms with E-state index in [1.165, 1.54) is 5.56 Å². The number of hydrogen-bond acceptors (Lipinski definition) is 2. The molecule has 0 unspecified atom stereocenters. The molecule has 1 rings (SSSR count). The maximum Gasteiger partial charge on any atom is 0.0588 e.